The number of thioether (sulfide) groups is 1. The Bertz CT molecular complexity index is 958. The molecule has 1 saturated heterocycles. The maximum atomic E-state index is 12.3. The molecule has 7 heteroatoms. The summed E-state index contributed by atoms with van der Waals surface area (Å²) in [6.45, 7) is 0.784. The number of H-pyrrole nitrogens is 1. The first-order chi connectivity index (χ1) is 12.8. The van der Waals surface area contributed by atoms with Gasteiger partial charge in [-0.15, -0.1) is 10.2 Å². The third kappa shape index (κ3) is 2.80. The lowest BCUT2D eigenvalue weighted by Crippen LogP contribution is -2.30. The average molecular weight is 367 g/mol. The zero-order valence-corrected chi connectivity index (χ0v) is 15.3. The first-order valence-corrected chi connectivity index (χ1v) is 10.1. The second kappa shape index (κ2) is 6.46. The fourth-order valence-corrected chi connectivity index (χ4v) is 4.78. The summed E-state index contributed by atoms with van der Waals surface area (Å²) in [5.74, 6) is 1.04. The SMILES string of the molecule is O=C1NCCCCC1Sc1nnc(-c2c[nH]c3ccccc23)n1C1CC1. The molecule has 1 aliphatic carbocycles. The van der Waals surface area contributed by atoms with Gasteiger partial charge in [0.25, 0.3) is 0 Å². The highest BCUT2D eigenvalue weighted by Gasteiger charge is 2.33. The van der Waals surface area contributed by atoms with E-state index in [4.69, 9.17) is 0 Å². The van der Waals surface area contributed by atoms with E-state index in [1.807, 2.05) is 18.3 Å². The fourth-order valence-electron chi connectivity index (χ4n) is 3.61. The van der Waals surface area contributed by atoms with Crippen LogP contribution < -0.4 is 5.32 Å². The molecule has 1 atom stereocenters. The average Bonchev–Trinajstić information content (AvgIpc) is 3.33. The first kappa shape index (κ1) is 15.9. The molecule has 1 aliphatic heterocycles. The summed E-state index contributed by atoms with van der Waals surface area (Å²) >= 11 is 1.57. The van der Waals surface area contributed by atoms with Crippen molar-refractivity contribution in [2.45, 2.75) is 48.6 Å². The van der Waals surface area contributed by atoms with E-state index >= 15 is 0 Å². The Morgan fingerprint density at radius 2 is 2.00 bits per heavy atom. The van der Waals surface area contributed by atoms with Gasteiger partial charge in [-0.25, -0.2) is 0 Å². The number of amides is 1. The van der Waals surface area contributed by atoms with Gasteiger partial charge in [0.1, 0.15) is 0 Å². The Balaban J connectivity index is 1.53. The van der Waals surface area contributed by atoms with Crippen molar-refractivity contribution in [2.24, 2.45) is 0 Å². The quantitative estimate of drug-likeness (QED) is 0.740. The van der Waals surface area contributed by atoms with E-state index in [9.17, 15) is 4.79 Å². The number of para-hydroxylation sites is 1. The van der Waals surface area contributed by atoms with Crippen molar-refractivity contribution in [3.63, 3.8) is 0 Å². The van der Waals surface area contributed by atoms with Gasteiger partial charge >= 0.3 is 0 Å². The molecule has 1 amide bonds. The maximum Gasteiger partial charge on any atom is 0.233 e. The van der Waals surface area contributed by atoms with Crippen LogP contribution in [0, 0.1) is 0 Å². The maximum absolute atomic E-state index is 12.3. The van der Waals surface area contributed by atoms with Crippen LogP contribution >= 0.6 is 11.8 Å². The zero-order chi connectivity index (χ0) is 17.5. The van der Waals surface area contributed by atoms with Gasteiger partial charge in [0.2, 0.25) is 5.91 Å². The van der Waals surface area contributed by atoms with Crippen LogP contribution in [0.1, 0.15) is 38.1 Å². The second-order valence-electron chi connectivity index (χ2n) is 7.05. The molecule has 26 heavy (non-hydrogen) atoms. The standard InChI is InChI=1S/C19H21N5OS/c25-18-16(7-3-4-10-20-18)26-19-23-22-17(24(19)12-8-9-12)14-11-21-15-6-2-1-5-13(14)15/h1-2,5-6,11-12,16,21H,3-4,7-10H2,(H,20,25). The molecule has 3 aromatic rings. The van der Waals surface area contributed by atoms with Gasteiger partial charge in [0.15, 0.2) is 11.0 Å². The number of carbonyl (C=O) groups is 1. The molecule has 0 spiro atoms. The molecule has 1 saturated carbocycles. The number of nitrogens with zero attached hydrogens (tertiary/aromatic N) is 3. The number of hydrogen-bond acceptors (Lipinski definition) is 4. The van der Waals surface area contributed by atoms with Gasteiger partial charge in [-0.1, -0.05) is 36.4 Å². The zero-order valence-electron chi connectivity index (χ0n) is 14.4. The number of aromatic nitrogens is 4. The van der Waals surface area contributed by atoms with Crippen LogP contribution in [0.2, 0.25) is 0 Å². The number of benzene rings is 1. The van der Waals surface area contributed by atoms with Crippen molar-refractivity contribution >= 4 is 28.6 Å². The van der Waals surface area contributed by atoms with Crippen LogP contribution in [0.4, 0.5) is 0 Å². The Labute approximate surface area is 155 Å². The van der Waals surface area contributed by atoms with E-state index in [1.54, 1.807) is 11.8 Å². The topological polar surface area (TPSA) is 75.6 Å². The molecule has 2 aliphatic rings. The molecule has 6 nitrogen and oxygen atoms in total. The lowest BCUT2D eigenvalue weighted by molar-refractivity contribution is -0.120. The predicted octanol–water partition coefficient (Wildman–Crippen LogP) is 3.52. The summed E-state index contributed by atoms with van der Waals surface area (Å²) in [4.78, 5) is 15.7. The van der Waals surface area contributed by atoms with Crippen LogP contribution in [0.5, 0.6) is 0 Å². The van der Waals surface area contributed by atoms with Gasteiger partial charge in [0.05, 0.1) is 5.25 Å². The van der Waals surface area contributed by atoms with Crippen molar-refractivity contribution in [1.29, 1.82) is 0 Å². The molecule has 3 heterocycles. The van der Waals surface area contributed by atoms with Crippen LogP contribution in [-0.4, -0.2) is 37.5 Å². The minimum atomic E-state index is -0.0741. The molecule has 1 aromatic carbocycles. The van der Waals surface area contributed by atoms with E-state index in [1.165, 1.54) is 0 Å². The van der Waals surface area contributed by atoms with Gasteiger partial charge in [0, 0.05) is 35.2 Å². The van der Waals surface area contributed by atoms with Crippen molar-refractivity contribution in [3.8, 4) is 11.4 Å². The predicted molar refractivity (Wildman–Crippen MR) is 102 cm³/mol. The van der Waals surface area contributed by atoms with Gasteiger partial charge in [-0.3, -0.25) is 9.36 Å². The first-order valence-electron chi connectivity index (χ1n) is 9.27. The Kier molecular flexibility index (Phi) is 3.96. The van der Waals surface area contributed by atoms with Crippen molar-refractivity contribution < 1.29 is 4.79 Å². The van der Waals surface area contributed by atoms with Crippen LogP contribution in [0.15, 0.2) is 35.6 Å². The molecule has 0 radical (unpaired) electrons. The third-order valence-corrected chi connectivity index (χ3v) is 6.36. The molecular formula is C19H21N5OS. The summed E-state index contributed by atoms with van der Waals surface area (Å²) in [5, 5.41) is 14.0. The lowest BCUT2D eigenvalue weighted by atomic mass is 10.1. The largest absolute Gasteiger partial charge is 0.360 e. The van der Waals surface area contributed by atoms with Crippen LogP contribution in [0.3, 0.4) is 0 Å². The lowest BCUT2D eigenvalue weighted by Gasteiger charge is -2.13. The summed E-state index contributed by atoms with van der Waals surface area (Å²) in [5.41, 5.74) is 2.18. The second-order valence-corrected chi connectivity index (χ2v) is 8.22. The Morgan fingerprint density at radius 3 is 2.88 bits per heavy atom. The van der Waals surface area contributed by atoms with Gasteiger partial charge in [-0.05, 0) is 31.7 Å². The van der Waals surface area contributed by atoms with E-state index in [0.29, 0.717) is 6.04 Å². The molecule has 2 N–H and O–H groups in total. The molecule has 0 bridgehead atoms. The molecule has 134 valence electrons. The molecular weight excluding hydrogens is 346 g/mol. The number of fused-ring (bicyclic) bond motifs is 1. The van der Waals surface area contributed by atoms with Gasteiger partial charge in [-0.2, -0.15) is 0 Å². The van der Waals surface area contributed by atoms with Crippen LogP contribution in [0.25, 0.3) is 22.3 Å². The number of rotatable bonds is 4. The monoisotopic (exact) mass is 367 g/mol. The smallest absolute Gasteiger partial charge is 0.233 e. The minimum absolute atomic E-state index is 0.0741. The van der Waals surface area contributed by atoms with E-state index in [-0.39, 0.29) is 11.2 Å². The fraction of sp³-hybridized carbons (Fsp3) is 0.421. The number of nitrogens with one attached hydrogen (secondary N) is 2. The van der Waals surface area contributed by atoms with Crippen molar-refractivity contribution in [3.05, 3.63) is 30.5 Å². The Hall–Kier alpha value is -2.28. The minimum Gasteiger partial charge on any atom is -0.360 e. The molecule has 5 rings (SSSR count). The van der Waals surface area contributed by atoms with Crippen LogP contribution in [-0.2, 0) is 4.79 Å². The summed E-state index contributed by atoms with van der Waals surface area (Å²) < 4.78 is 2.25. The highest BCUT2D eigenvalue weighted by molar-refractivity contribution is 8.00. The highest BCUT2D eigenvalue weighted by Crippen LogP contribution is 2.43. The number of aromatic amines is 1. The summed E-state index contributed by atoms with van der Waals surface area (Å²) in [6, 6.07) is 8.70. The Morgan fingerprint density at radius 1 is 1.12 bits per heavy atom. The summed E-state index contributed by atoms with van der Waals surface area (Å²) in [6.07, 6.45) is 7.34. The van der Waals surface area contributed by atoms with Gasteiger partial charge < -0.3 is 10.3 Å². The third-order valence-electron chi connectivity index (χ3n) is 5.14. The van der Waals surface area contributed by atoms with Crippen molar-refractivity contribution in [1.82, 2.24) is 25.1 Å². The summed E-state index contributed by atoms with van der Waals surface area (Å²) in [7, 11) is 0. The van der Waals surface area contributed by atoms with E-state index in [2.05, 4.69) is 37.2 Å². The molecule has 1 unspecified atom stereocenters. The van der Waals surface area contributed by atoms with E-state index < -0.39 is 0 Å². The molecule has 2 fully saturated rings. The number of hydrogen-bond donors (Lipinski definition) is 2. The van der Waals surface area contributed by atoms with E-state index in [0.717, 1.165) is 66.1 Å². The highest BCUT2D eigenvalue weighted by atomic mass is 32.2. The number of carbonyl (C=O) groups excluding carboxylic acids is 1. The van der Waals surface area contributed by atoms with Crippen molar-refractivity contribution in [2.75, 3.05) is 6.54 Å². The normalized spacial score (nSPS) is 20.9. The molecule has 2 aromatic heterocycles.